The maximum atomic E-state index is 12.1. The van der Waals surface area contributed by atoms with Crippen molar-refractivity contribution in [3.63, 3.8) is 0 Å². The number of aryl methyl sites for hydroxylation is 3. The fraction of sp³-hybridized carbons (Fsp3) is 0.350. The van der Waals surface area contributed by atoms with Gasteiger partial charge in [-0.25, -0.2) is 0 Å². The number of thioether (sulfide) groups is 1. The first-order chi connectivity index (χ1) is 13.3. The van der Waals surface area contributed by atoms with E-state index in [1.165, 1.54) is 23.1 Å². The van der Waals surface area contributed by atoms with Crippen molar-refractivity contribution in [1.82, 2.24) is 0 Å². The number of ether oxygens (including phenoxy) is 1. The highest BCUT2D eigenvalue weighted by atomic mass is 32.2. The van der Waals surface area contributed by atoms with Gasteiger partial charge in [-0.15, -0.1) is 23.1 Å². The molecule has 0 spiro atoms. The largest absolute Gasteiger partial charge is 0.455 e. The number of hydrogen-bond acceptors (Lipinski definition) is 6. The third kappa shape index (κ3) is 4.74. The van der Waals surface area contributed by atoms with Gasteiger partial charge in [-0.05, 0) is 50.3 Å². The fourth-order valence-electron chi connectivity index (χ4n) is 3.20. The van der Waals surface area contributed by atoms with Crippen LogP contribution in [0.15, 0.2) is 23.1 Å². The van der Waals surface area contributed by atoms with E-state index in [4.69, 9.17) is 10.5 Å². The van der Waals surface area contributed by atoms with E-state index >= 15 is 0 Å². The molecular weight excluding hydrogens is 396 g/mol. The molecule has 148 valence electrons. The second kappa shape index (κ2) is 8.79. The molecule has 0 saturated carbocycles. The lowest BCUT2D eigenvalue weighted by molar-refractivity contribution is -0.144. The number of thiophene rings is 1. The first-order valence-corrected chi connectivity index (χ1v) is 10.7. The number of anilines is 1. The van der Waals surface area contributed by atoms with Crippen LogP contribution in [0.4, 0.5) is 5.00 Å². The summed E-state index contributed by atoms with van der Waals surface area (Å²) in [4.78, 5) is 37.9. The molecule has 0 unspecified atom stereocenters. The molecule has 0 atom stereocenters. The highest BCUT2D eigenvalue weighted by Gasteiger charge is 2.26. The number of fused-ring (bicyclic) bond motifs is 1. The molecule has 1 aliphatic carbocycles. The second-order valence-electron chi connectivity index (χ2n) is 6.69. The molecule has 0 saturated heterocycles. The highest BCUT2D eigenvalue weighted by molar-refractivity contribution is 8.00. The maximum Gasteiger partial charge on any atom is 0.316 e. The van der Waals surface area contributed by atoms with E-state index in [-0.39, 0.29) is 5.75 Å². The van der Waals surface area contributed by atoms with Gasteiger partial charge in [-0.1, -0.05) is 17.7 Å². The van der Waals surface area contributed by atoms with Crippen LogP contribution in [0, 0.1) is 13.8 Å². The molecule has 0 bridgehead atoms. The summed E-state index contributed by atoms with van der Waals surface area (Å²) in [5.74, 6) is -1.37. The van der Waals surface area contributed by atoms with Gasteiger partial charge in [-0.2, -0.15) is 0 Å². The van der Waals surface area contributed by atoms with Crippen molar-refractivity contribution >= 4 is 45.9 Å². The number of nitrogens with one attached hydrogen (secondary N) is 1. The predicted molar refractivity (Wildman–Crippen MR) is 111 cm³/mol. The second-order valence-corrected chi connectivity index (χ2v) is 8.81. The number of nitrogens with two attached hydrogens (primary N) is 1. The minimum absolute atomic E-state index is 0.122. The zero-order valence-electron chi connectivity index (χ0n) is 15.8. The molecule has 28 heavy (non-hydrogen) atoms. The van der Waals surface area contributed by atoms with E-state index in [1.54, 1.807) is 0 Å². The van der Waals surface area contributed by atoms with E-state index < -0.39 is 24.4 Å². The Morgan fingerprint density at radius 1 is 1.25 bits per heavy atom. The van der Waals surface area contributed by atoms with E-state index in [0.29, 0.717) is 10.6 Å². The average Bonchev–Trinajstić information content (AvgIpc) is 3.19. The molecule has 0 fully saturated rings. The smallest absolute Gasteiger partial charge is 0.316 e. The Bertz CT molecular complexity index is 937. The summed E-state index contributed by atoms with van der Waals surface area (Å²) in [7, 11) is 0. The minimum atomic E-state index is -0.545. The molecule has 6 nitrogen and oxygen atoms in total. The molecule has 0 aliphatic heterocycles. The van der Waals surface area contributed by atoms with Gasteiger partial charge in [0.2, 0.25) is 0 Å². The van der Waals surface area contributed by atoms with E-state index in [1.807, 2.05) is 26.0 Å². The Morgan fingerprint density at radius 3 is 2.75 bits per heavy atom. The lowest BCUT2D eigenvalue weighted by Crippen LogP contribution is -2.23. The first kappa shape index (κ1) is 20.4. The molecule has 8 heteroatoms. The molecule has 1 aliphatic rings. The molecule has 1 aromatic carbocycles. The molecular formula is C20H22N2O4S2. The fourth-order valence-corrected chi connectivity index (χ4v) is 5.32. The van der Waals surface area contributed by atoms with Gasteiger partial charge in [0.05, 0.1) is 11.3 Å². The molecule has 2 amide bonds. The maximum absolute atomic E-state index is 12.1. The van der Waals surface area contributed by atoms with Gasteiger partial charge < -0.3 is 15.8 Å². The number of amides is 2. The number of carbonyl (C=O) groups is 3. The number of hydrogen-bond donors (Lipinski definition) is 2. The summed E-state index contributed by atoms with van der Waals surface area (Å²) in [6, 6.07) is 6.01. The lowest BCUT2D eigenvalue weighted by atomic mass is 10.1. The van der Waals surface area contributed by atoms with Crippen LogP contribution < -0.4 is 11.1 Å². The van der Waals surface area contributed by atoms with Crippen molar-refractivity contribution in [2.24, 2.45) is 5.73 Å². The van der Waals surface area contributed by atoms with E-state index in [2.05, 4.69) is 11.4 Å². The van der Waals surface area contributed by atoms with Crippen molar-refractivity contribution in [3.8, 4) is 0 Å². The van der Waals surface area contributed by atoms with E-state index in [9.17, 15) is 14.4 Å². The zero-order valence-corrected chi connectivity index (χ0v) is 17.4. The number of carbonyl (C=O) groups excluding carboxylic acids is 3. The summed E-state index contributed by atoms with van der Waals surface area (Å²) in [5, 5.41) is 3.11. The molecule has 3 N–H and O–H groups in total. The van der Waals surface area contributed by atoms with Crippen molar-refractivity contribution in [2.45, 2.75) is 38.0 Å². The number of rotatable bonds is 7. The standard InChI is InChI=1S/C20H22N2O4S2/c1-11-6-7-14(12(2)8-11)27-10-17(24)26-9-16(23)22-20-18(19(21)25)13-4-3-5-15(13)28-20/h6-8H,3-5,9-10H2,1-2H3,(H2,21,25)(H,22,23). The summed E-state index contributed by atoms with van der Waals surface area (Å²) in [5.41, 5.74) is 9.07. The summed E-state index contributed by atoms with van der Waals surface area (Å²) in [6.07, 6.45) is 2.68. The van der Waals surface area contributed by atoms with Gasteiger partial charge in [0.1, 0.15) is 5.00 Å². The monoisotopic (exact) mass is 418 g/mol. The van der Waals surface area contributed by atoms with Crippen molar-refractivity contribution < 1.29 is 19.1 Å². The van der Waals surface area contributed by atoms with Crippen LogP contribution in [0.5, 0.6) is 0 Å². The Kier molecular flexibility index (Phi) is 6.41. The SMILES string of the molecule is Cc1ccc(SCC(=O)OCC(=O)Nc2sc3c(c2C(N)=O)CCC3)c(C)c1. The van der Waals surface area contributed by atoms with Crippen LogP contribution in [0.3, 0.4) is 0 Å². The third-order valence-electron chi connectivity index (χ3n) is 4.46. The zero-order chi connectivity index (χ0) is 20.3. The number of benzene rings is 1. The van der Waals surface area contributed by atoms with Crippen LogP contribution >= 0.6 is 23.1 Å². The molecule has 2 aromatic rings. The van der Waals surface area contributed by atoms with Gasteiger partial charge in [0, 0.05) is 9.77 Å². The van der Waals surface area contributed by atoms with Crippen LogP contribution in [0.1, 0.15) is 38.3 Å². The van der Waals surface area contributed by atoms with Gasteiger partial charge in [0.15, 0.2) is 6.61 Å². The van der Waals surface area contributed by atoms with Gasteiger partial charge in [0.25, 0.3) is 11.8 Å². The van der Waals surface area contributed by atoms with E-state index in [0.717, 1.165) is 45.7 Å². The van der Waals surface area contributed by atoms with Crippen molar-refractivity contribution in [1.29, 1.82) is 0 Å². The Morgan fingerprint density at radius 2 is 2.04 bits per heavy atom. The molecule has 0 radical (unpaired) electrons. The van der Waals surface area contributed by atoms with Crippen molar-refractivity contribution in [2.75, 3.05) is 17.7 Å². The van der Waals surface area contributed by atoms with Crippen LogP contribution in [-0.2, 0) is 27.2 Å². The normalized spacial score (nSPS) is 12.5. The lowest BCUT2D eigenvalue weighted by Gasteiger charge is -2.08. The minimum Gasteiger partial charge on any atom is -0.455 e. The summed E-state index contributed by atoms with van der Waals surface area (Å²) >= 11 is 2.75. The Labute approximate surface area is 171 Å². The summed E-state index contributed by atoms with van der Waals surface area (Å²) < 4.78 is 5.06. The van der Waals surface area contributed by atoms with Crippen LogP contribution in [0.2, 0.25) is 0 Å². The van der Waals surface area contributed by atoms with Crippen LogP contribution in [0.25, 0.3) is 0 Å². The molecule has 1 aromatic heterocycles. The summed E-state index contributed by atoms with van der Waals surface area (Å²) in [6.45, 7) is 3.61. The number of esters is 1. The quantitative estimate of drug-likeness (QED) is 0.531. The Balaban J connectivity index is 1.51. The topological polar surface area (TPSA) is 98.5 Å². The first-order valence-electron chi connectivity index (χ1n) is 8.95. The predicted octanol–water partition coefficient (Wildman–Crippen LogP) is 3.23. The van der Waals surface area contributed by atoms with Gasteiger partial charge >= 0.3 is 5.97 Å². The Hall–Kier alpha value is -2.32. The molecule has 1 heterocycles. The molecule has 3 rings (SSSR count). The van der Waals surface area contributed by atoms with Crippen molar-refractivity contribution in [3.05, 3.63) is 45.3 Å². The average molecular weight is 419 g/mol. The van der Waals surface area contributed by atoms with Gasteiger partial charge in [-0.3, -0.25) is 14.4 Å². The van der Waals surface area contributed by atoms with Crippen LogP contribution in [-0.4, -0.2) is 30.1 Å². The number of primary amides is 1. The highest BCUT2D eigenvalue weighted by Crippen LogP contribution is 2.38. The third-order valence-corrected chi connectivity index (χ3v) is 6.82.